The minimum absolute atomic E-state index is 0.146. The van der Waals surface area contributed by atoms with Crippen molar-refractivity contribution in [1.82, 2.24) is 4.90 Å². The Morgan fingerprint density at radius 3 is 2.59 bits per heavy atom. The largest absolute Gasteiger partial charge is 0.409 e. The second-order valence-corrected chi connectivity index (χ2v) is 4.70. The second-order valence-electron chi connectivity index (χ2n) is 4.70. The molecule has 0 aromatic heterocycles. The maximum Gasteiger partial charge on any atom is 0.156 e. The van der Waals surface area contributed by atoms with Crippen LogP contribution in [0.25, 0.3) is 0 Å². The normalized spacial score (nSPS) is 22.7. The molecule has 1 aliphatic rings. The Balaban J connectivity index is 2.59. The zero-order valence-electron chi connectivity index (χ0n) is 10.6. The van der Waals surface area contributed by atoms with Crippen LogP contribution < -0.4 is 5.73 Å². The molecule has 0 radical (unpaired) electrons. The SMILES string of the molecule is CCC(C(N)=NO)N(C)CC1(O)CCOCC1. The van der Waals surface area contributed by atoms with E-state index in [0.717, 1.165) is 6.42 Å². The number of rotatable bonds is 5. The minimum atomic E-state index is -0.726. The fourth-order valence-corrected chi connectivity index (χ4v) is 2.30. The first-order valence-corrected chi connectivity index (χ1v) is 6.00. The van der Waals surface area contributed by atoms with E-state index in [1.165, 1.54) is 0 Å². The molecule has 1 saturated heterocycles. The lowest BCUT2D eigenvalue weighted by molar-refractivity contribution is -0.0789. The van der Waals surface area contributed by atoms with Crippen molar-refractivity contribution in [3.8, 4) is 0 Å². The van der Waals surface area contributed by atoms with Gasteiger partial charge in [0.05, 0.1) is 11.6 Å². The summed E-state index contributed by atoms with van der Waals surface area (Å²) in [4.78, 5) is 1.93. The first kappa shape index (κ1) is 14.2. The van der Waals surface area contributed by atoms with Crippen molar-refractivity contribution in [2.75, 3.05) is 26.8 Å². The van der Waals surface area contributed by atoms with Crippen molar-refractivity contribution in [3.63, 3.8) is 0 Å². The van der Waals surface area contributed by atoms with E-state index < -0.39 is 5.60 Å². The third kappa shape index (κ3) is 3.83. The number of nitrogens with two attached hydrogens (primary N) is 1. The summed E-state index contributed by atoms with van der Waals surface area (Å²) in [5.74, 6) is 0.186. The van der Waals surface area contributed by atoms with Crippen molar-refractivity contribution in [3.05, 3.63) is 0 Å². The molecule has 1 fully saturated rings. The van der Waals surface area contributed by atoms with Crippen molar-refractivity contribution in [2.45, 2.75) is 37.8 Å². The quantitative estimate of drug-likeness (QED) is 0.274. The average Bonchev–Trinajstić information content (AvgIpc) is 2.29. The van der Waals surface area contributed by atoms with Gasteiger partial charge in [0, 0.05) is 32.6 Å². The van der Waals surface area contributed by atoms with Crippen LogP contribution in [0.1, 0.15) is 26.2 Å². The third-order valence-corrected chi connectivity index (χ3v) is 3.34. The van der Waals surface area contributed by atoms with Crippen LogP contribution in [0.2, 0.25) is 0 Å². The maximum atomic E-state index is 10.4. The fraction of sp³-hybridized carbons (Fsp3) is 0.909. The van der Waals surface area contributed by atoms with E-state index in [1.54, 1.807) is 0 Å². The van der Waals surface area contributed by atoms with E-state index in [2.05, 4.69) is 5.16 Å². The smallest absolute Gasteiger partial charge is 0.156 e. The van der Waals surface area contributed by atoms with E-state index in [4.69, 9.17) is 15.7 Å². The molecule has 0 spiro atoms. The summed E-state index contributed by atoms with van der Waals surface area (Å²) < 4.78 is 5.23. The predicted octanol–water partition coefficient (Wildman–Crippen LogP) is -0.0153. The summed E-state index contributed by atoms with van der Waals surface area (Å²) in [7, 11) is 1.87. The average molecular weight is 245 g/mol. The number of hydrogen-bond acceptors (Lipinski definition) is 5. The molecule has 1 aliphatic heterocycles. The van der Waals surface area contributed by atoms with E-state index in [0.29, 0.717) is 32.6 Å². The number of likely N-dealkylation sites (N-methyl/N-ethyl adjacent to an activating group) is 1. The van der Waals surface area contributed by atoms with Crippen LogP contribution in [0.3, 0.4) is 0 Å². The molecular formula is C11H23N3O3. The van der Waals surface area contributed by atoms with E-state index in [9.17, 15) is 5.11 Å². The second kappa shape index (κ2) is 6.18. The van der Waals surface area contributed by atoms with Gasteiger partial charge in [0.2, 0.25) is 0 Å². The topological polar surface area (TPSA) is 91.3 Å². The highest BCUT2D eigenvalue weighted by Crippen LogP contribution is 2.22. The van der Waals surface area contributed by atoms with Gasteiger partial charge in [-0.25, -0.2) is 0 Å². The van der Waals surface area contributed by atoms with E-state index in [1.807, 2.05) is 18.9 Å². The van der Waals surface area contributed by atoms with Crippen molar-refractivity contribution in [2.24, 2.45) is 10.9 Å². The van der Waals surface area contributed by atoms with Crippen LogP contribution in [0, 0.1) is 0 Å². The van der Waals surface area contributed by atoms with Crippen LogP contribution in [-0.4, -0.2) is 59.5 Å². The van der Waals surface area contributed by atoms with Gasteiger partial charge in [-0.1, -0.05) is 12.1 Å². The Labute approximate surface area is 102 Å². The van der Waals surface area contributed by atoms with Gasteiger partial charge >= 0.3 is 0 Å². The molecule has 4 N–H and O–H groups in total. The lowest BCUT2D eigenvalue weighted by Crippen LogP contribution is -2.51. The molecule has 6 heteroatoms. The van der Waals surface area contributed by atoms with E-state index >= 15 is 0 Å². The van der Waals surface area contributed by atoms with Crippen molar-refractivity contribution >= 4 is 5.84 Å². The molecule has 0 amide bonds. The summed E-state index contributed by atoms with van der Waals surface area (Å²) in [6, 6.07) is -0.146. The third-order valence-electron chi connectivity index (χ3n) is 3.34. The van der Waals surface area contributed by atoms with Gasteiger partial charge in [0.1, 0.15) is 0 Å². The molecule has 1 heterocycles. The summed E-state index contributed by atoms with van der Waals surface area (Å²) in [6.07, 6.45) is 1.99. The van der Waals surface area contributed by atoms with Crippen LogP contribution in [-0.2, 0) is 4.74 Å². The molecule has 1 rings (SSSR count). The highest BCUT2D eigenvalue weighted by molar-refractivity contribution is 5.85. The first-order chi connectivity index (χ1) is 8.02. The molecule has 0 aromatic rings. The number of oxime groups is 1. The number of ether oxygens (including phenoxy) is 1. The summed E-state index contributed by atoms with van der Waals surface area (Å²) in [5, 5.41) is 22.1. The number of hydrogen-bond donors (Lipinski definition) is 3. The molecule has 1 atom stereocenters. The van der Waals surface area contributed by atoms with E-state index in [-0.39, 0.29) is 11.9 Å². The van der Waals surface area contributed by atoms with Crippen LogP contribution in [0.4, 0.5) is 0 Å². The van der Waals surface area contributed by atoms with Gasteiger partial charge in [0.15, 0.2) is 5.84 Å². The minimum Gasteiger partial charge on any atom is -0.409 e. The number of amidine groups is 1. The molecular weight excluding hydrogens is 222 g/mol. The summed E-state index contributed by atoms with van der Waals surface area (Å²) >= 11 is 0. The fourth-order valence-electron chi connectivity index (χ4n) is 2.30. The molecule has 0 aliphatic carbocycles. The Morgan fingerprint density at radius 2 is 2.12 bits per heavy atom. The molecule has 6 nitrogen and oxygen atoms in total. The standard InChI is InChI=1S/C11H23N3O3/c1-3-9(10(12)13-16)14(2)8-11(15)4-6-17-7-5-11/h9,15-16H,3-8H2,1-2H3,(H2,12,13). The van der Waals surface area contributed by atoms with Crippen LogP contribution in [0.5, 0.6) is 0 Å². The predicted molar refractivity (Wildman–Crippen MR) is 65.1 cm³/mol. The lowest BCUT2D eigenvalue weighted by Gasteiger charge is -2.37. The molecule has 17 heavy (non-hydrogen) atoms. The Kier molecular flexibility index (Phi) is 5.17. The Hall–Kier alpha value is -0.850. The van der Waals surface area contributed by atoms with Gasteiger partial charge in [-0.2, -0.15) is 0 Å². The van der Waals surface area contributed by atoms with Gasteiger partial charge in [0.25, 0.3) is 0 Å². The van der Waals surface area contributed by atoms with Gasteiger partial charge < -0.3 is 20.8 Å². The summed E-state index contributed by atoms with van der Waals surface area (Å²) in [5.41, 5.74) is 4.90. The highest BCUT2D eigenvalue weighted by atomic mass is 16.5. The number of nitrogens with zero attached hydrogens (tertiary/aromatic N) is 2. The van der Waals surface area contributed by atoms with Gasteiger partial charge in [-0.3, -0.25) is 4.90 Å². The Bertz CT molecular complexity index is 265. The lowest BCUT2D eigenvalue weighted by atomic mass is 9.93. The first-order valence-electron chi connectivity index (χ1n) is 6.00. The molecule has 1 unspecified atom stereocenters. The molecule has 0 bridgehead atoms. The van der Waals surface area contributed by atoms with Crippen molar-refractivity contribution in [1.29, 1.82) is 0 Å². The van der Waals surface area contributed by atoms with Crippen LogP contribution >= 0.6 is 0 Å². The molecule has 100 valence electrons. The number of aliphatic hydroxyl groups is 1. The Morgan fingerprint density at radius 1 is 1.53 bits per heavy atom. The van der Waals surface area contributed by atoms with Crippen molar-refractivity contribution < 1.29 is 15.1 Å². The van der Waals surface area contributed by atoms with Gasteiger partial charge in [-0.15, -0.1) is 0 Å². The monoisotopic (exact) mass is 245 g/mol. The maximum absolute atomic E-state index is 10.4. The van der Waals surface area contributed by atoms with Gasteiger partial charge in [-0.05, 0) is 13.5 Å². The highest BCUT2D eigenvalue weighted by Gasteiger charge is 2.33. The molecule has 0 saturated carbocycles. The van der Waals surface area contributed by atoms with Crippen LogP contribution in [0.15, 0.2) is 5.16 Å². The summed E-state index contributed by atoms with van der Waals surface area (Å²) in [6.45, 7) is 3.65. The zero-order valence-corrected chi connectivity index (χ0v) is 10.6. The zero-order chi connectivity index (χ0) is 12.9. The molecule has 0 aromatic carbocycles.